The Hall–Kier alpha value is -1.74. The Labute approximate surface area is 186 Å². The molecule has 0 radical (unpaired) electrons. The number of hydrogen-bond donors (Lipinski definition) is 0. The first kappa shape index (κ1) is 24.5. The van der Waals surface area contributed by atoms with Crippen LogP contribution in [0.15, 0.2) is 58.3 Å². The third kappa shape index (κ3) is 4.61. The van der Waals surface area contributed by atoms with Crippen molar-refractivity contribution in [3.05, 3.63) is 59.7 Å². The van der Waals surface area contributed by atoms with Crippen LogP contribution < -0.4 is 0 Å². The summed E-state index contributed by atoms with van der Waals surface area (Å²) in [5.41, 5.74) is 1.70. The van der Waals surface area contributed by atoms with Crippen LogP contribution in [0.2, 0.25) is 16.6 Å². The molecule has 0 spiro atoms. The molecule has 0 aliphatic heterocycles. The van der Waals surface area contributed by atoms with Gasteiger partial charge in [0.05, 0.1) is 15.7 Å². The lowest BCUT2D eigenvalue weighted by molar-refractivity contribution is 0.120. The molecule has 0 aliphatic carbocycles. The van der Waals surface area contributed by atoms with E-state index in [1.165, 1.54) is 0 Å². The van der Waals surface area contributed by atoms with E-state index in [1.54, 1.807) is 0 Å². The SMILES string of the molecule is Cc1ccc([S@](=O)c2ccccc2[C@](C)(C#N)O[Si](C(C)C)(C(C)C)C(C)C)cc1. The highest BCUT2D eigenvalue weighted by Gasteiger charge is 2.50. The molecule has 0 saturated carbocycles. The largest absolute Gasteiger partial charge is 0.395 e. The molecule has 0 amide bonds. The van der Waals surface area contributed by atoms with E-state index in [0.29, 0.717) is 27.1 Å². The van der Waals surface area contributed by atoms with Crippen LogP contribution in [-0.4, -0.2) is 12.5 Å². The highest BCUT2D eigenvalue weighted by molar-refractivity contribution is 7.85. The van der Waals surface area contributed by atoms with Gasteiger partial charge in [0.15, 0.2) is 5.60 Å². The van der Waals surface area contributed by atoms with Crippen molar-refractivity contribution in [1.82, 2.24) is 0 Å². The van der Waals surface area contributed by atoms with Crippen LogP contribution in [0.5, 0.6) is 0 Å². The Kier molecular flexibility index (Phi) is 7.84. The monoisotopic (exact) mass is 441 g/mol. The Morgan fingerprint density at radius 2 is 1.43 bits per heavy atom. The number of benzene rings is 2. The van der Waals surface area contributed by atoms with E-state index in [4.69, 9.17) is 4.43 Å². The van der Waals surface area contributed by atoms with E-state index >= 15 is 0 Å². The molecule has 0 N–H and O–H groups in total. The topological polar surface area (TPSA) is 50.1 Å². The summed E-state index contributed by atoms with van der Waals surface area (Å²) in [4.78, 5) is 1.37. The average molecular weight is 442 g/mol. The van der Waals surface area contributed by atoms with Gasteiger partial charge in [-0.3, -0.25) is 0 Å². The molecular weight excluding hydrogens is 406 g/mol. The lowest BCUT2D eigenvalue weighted by Crippen LogP contribution is -2.52. The molecule has 2 atom stereocenters. The van der Waals surface area contributed by atoms with Crippen LogP contribution in [-0.2, 0) is 20.8 Å². The minimum atomic E-state index is -2.33. The quantitative estimate of drug-likeness (QED) is 0.411. The van der Waals surface area contributed by atoms with Crippen molar-refractivity contribution in [2.45, 2.75) is 87.4 Å². The second-order valence-corrected chi connectivity index (χ2v) is 16.0. The first-order valence-electron chi connectivity index (χ1n) is 10.7. The second-order valence-electron chi connectivity index (χ2n) is 9.14. The second kappa shape index (κ2) is 9.59. The maximum absolute atomic E-state index is 13.5. The van der Waals surface area contributed by atoms with Crippen molar-refractivity contribution in [2.24, 2.45) is 0 Å². The smallest absolute Gasteiger partial charge is 0.202 e. The maximum atomic E-state index is 13.5. The fourth-order valence-electron chi connectivity index (χ4n) is 4.66. The third-order valence-corrected chi connectivity index (χ3v) is 13.8. The summed E-state index contributed by atoms with van der Waals surface area (Å²) in [6.45, 7) is 17.1. The number of aryl methyl sites for hydroxylation is 1. The third-order valence-electron chi connectivity index (χ3n) is 6.14. The lowest BCUT2D eigenvalue weighted by atomic mass is 9.98. The summed E-state index contributed by atoms with van der Waals surface area (Å²) in [5.74, 6) is 0. The van der Waals surface area contributed by atoms with E-state index in [9.17, 15) is 9.47 Å². The lowest BCUT2D eigenvalue weighted by Gasteiger charge is -2.46. The van der Waals surface area contributed by atoms with Gasteiger partial charge in [-0.2, -0.15) is 5.26 Å². The molecule has 0 fully saturated rings. The molecule has 3 nitrogen and oxygen atoms in total. The van der Waals surface area contributed by atoms with Gasteiger partial charge in [0.2, 0.25) is 8.32 Å². The fourth-order valence-corrected chi connectivity index (χ4v) is 11.5. The normalized spacial score (nSPS) is 15.3. The molecule has 2 aromatic carbocycles. The van der Waals surface area contributed by atoms with Gasteiger partial charge in [0, 0.05) is 10.5 Å². The van der Waals surface area contributed by atoms with Crippen molar-refractivity contribution in [3.8, 4) is 6.07 Å². The van der Waals surface area contributed by atoms with Gasteiger partial charge in [-0.25, -0.2) is 4.21 Å². The van der Waals surface area contributed by atoms with Crippen molar-refractivity contribution >= 4 is 19.1 Å². The maximum Gasteiger partial charge on any atom is 0.202 e. The van der Waals surface area contributed by atoms with Crippen LogP contribution in [0.25, 0.3) is 0 Å². The summed E-state index contributed by atoms with van der Waals surface area (Å²) in [5, 5.41) is 10.3. The van der Waals surface area contributed by atoms with Crippen LogP contribution in [0, 0.1) is 18.3 Å². The van der Waals surface area contributed by atoms with E-state index in [-0.39, 0.29) is 0 Å². The number of rotatable bonds is 8. The minimum absolute atomic E-state index is 0.347. The molecule has 30 heavy (non-hydrogen) atoms. The van der Waals surface area contributed by atoms with Gasteiger partial charge in [-0.05, 0) is 48.7 Å². The van der Waals surface area contributed by atoms with Gasteiger partial charge < -0.3 is 4.43 Å². The van der Waals surface area contributed by atoms with Crippen LogP contribution >= 0.6 is 0 Å². The highest BCUT2D eigenvalue weighted by atomic mass is 32.2. The Balaban J connectivity index is 2.62. The van der Waals surface area contributed by atoms with Crippen molar-refractivity contribution in [1.29, 1.82) is 5.26 Å². The zero-order valence-corrected chi connectivity index (χ0v) is 21.3. The molecule has 5 heteroatoms. The number of nitrogens with zero attached hydrogens (tertiary/aromatic N) is 1. The predicted octanol–water partition coefficient (Wildman–Crippen LogP) is 7.09. The molecule has 2 rings (SSSR count). The van der Waals surface area contributed by atoms with Crippen LogP contribution in [0.3, 0.4) is 0 Å². The van der Waals surface area contributed by atoms with E-state index in [2.05, 4.69) is 47.6 Å². The molecule has 0 bridgehead atoms. The van der Waals surface area contributed by atoms with Crippen LogP contribution in [0.1, 0.15) is 59.6 Å². The number of hydrogen-bond acceptors (Lipinski definition) is 3. The minimum Gasteiger partial charge on any atom is -0.395 e. The summed E-state index contributed by atoms with van der Waals surface area (Å²) in [6.07, 6.45) is 0. The van der Waals surface area contributed by atoms with Crippen molar-refractivity contribution < 1.29 is 8.63 Å². The fraction of sp³-hybridized carbons (Fsp3) is 0.480. The standard InChI is InChI=1S/C25H35NO2SSi/c1-18(2)30(19(3)4,20(5)6)28-25(8,17-26)23-11-9-10-12-24(23)29(27)22-15-13-21(7)14-16-22/h9-16,18-20H,1-8H3/t25-,29-/m0/s1. The summed E-state index contributed by atoms with van der Waals surface area (Å²) in [7, 11) is -3.72. The zero-order chi connectivity index (χ0) is 22.7. The molecular formula is C25H35NO2SSi. The predicted molar refractivity (Wildman–Crippen MR) is 127 cm³/mol. The first-order valence-corrected chi connectivity index (χ1v) is 14.0. The highest BCUT2D eigenvalue weighted by Crippen LogP contribution is 2.47. The van der Waals surface area contributed by atoms with E-state index in [1.807, 2.05) is 62.4 Å². The summed E-state index contributed by atoms with van der Waals surface area (Å²) in [6, 6.07) is 17.7. The average Bonchev–Trinajstić information content (AvgIpc) is 2.71. The van der Waals surface area contributed by atoms with E-state index < -0.39 is 24.7 Å². The van der Waals surface area contributed by atoms with Gasteiger partial charge in [0.25, 0.3) is 0 Å². The molecule has 0 aliphatic rings. The molecule has 0 unspecified atom stereocenters. The summed E-state index contributed by atoms with van der Waals surface area (Å²) >= 11 is 0. The van der Waals surface area contributed by atoms with Gasteiger partial charge in [0.1, 0.15) is 6.07 Å². The van der Waals surface area contributed by atoms with Gasteiger partial charge >= 0.3 is 0 Å². The van der Waals surface area contributed by atoms with Crippen LogP contribution in [0.4, 0.5) is 0 Å². The summed E-state index contributed by atoms with van der Waals surface area (Å²) < 4.78 is 20.4. The van der Waals surface area contributed by atoms with Gasteiger partial charge in [-0.15, -0.1) is 0 Å². The van der Waals surface area contributed by atoms with Gasteiger partial charge in [-0.1, -0.05) is 77.4 Å². The molecule has 0 heterocycles. The Morgan fingerprint density at radius 3 is 1.90 bits per heavy atom. The molecule has 2 aromatic rings. The Bertz CT molecular complexity index is 909. The first-order chi connectivity index (χ1) is 14.0. The van der Waals surface area contributed by atoms with Crippen molar-refractivity contribution in [3.63, 3.8) is 0 Å². The molecule has 0 aromatic heterocycles. The Morgan fingerprint density at radius 1 is 0.933 bits per heavy atom. The molecule has 162 valence electrons. The number of nitriles is 1. The zero-order valence-electron chi connectivity index (χ0n) is 19.5. The molecule has 0 saturated heterocycles. The van der Waals surface area contributed by atoms with E-state index in [0.717, 1.165) is 10.5 Å². The van der Waals surface area contributed by atoms with Crippen molar-refractivity contribution in [2.75, 3.05) is 0 Å².